The van der Waals surface area contributed by atoms with Crippen LogP contribution in [-0.4, -0.2) is 11.9 Å². The number of primary amides is 1. The summed E-state index contributed by atoms with van der Waals surface area (Å²) in [5.41, 5.74) is 11.4. The van der Waals surface area contributed by atoms with Gasteiger partial charge in [0.15, 0.2) is 0 Å². The lowest BCUT2D eigenvalue weighted by atomic mass is 9.47. The largest absolute Gasteiger partial charge is 0.369 e. The maximum Gasteiger partial charge on any atom is 0.225 e. The fraction of sp³-hybridized carbons (Fsp3) is 0.909. The van der Waals surface area contributed by atoms with Crippen molar-refractivity contribution in [1.29, 1.82) is 0 Å². The van der Waals surface area contributed by atoms with Gasteiger partial charge in [-0.3, -0.25) is 4.79 Å². The zero-order chi connectivity index (χ0) is 9.92. The first-order valence-electron chi connectivity index (χ1n) is 5.67. The van der Waals surface area contributed by atoms with E-state index in [1.807, 2.05) is 0 Å². The van der Waals surface area contributed by atoms with Crippen molar-refractivity contribution in [3.05, 3.63) is 0 Å². The quantitative estimate of drug-likeness (QED) is 0.642. The number of nitrogens with two attached hydrogens (primary N) is 2. The van der Waals surface area contributed by atoms with Gasteiger partial charge in [-0.15, -0.1) is 0 Å². The molecule has 4 aliphatic carbocycles. The third-order valence-electron chi connectivity index (χ3n) is 4.88. The average Bonchev–Trinajstić information content (AvgIpc) is 2.12. The Morgan fingerprint density at radius 1 is 1.14 bits per heavy atom. The molecule has 4 fully saturated rings. The molecular weight excluding hydrogens is 176 g/mol. The van der Waals surface area contributed by atoms with Gasteiger partial charge >= 0.3 is 0 Å². The van der Waals surface area contributed by atoms with E-state index < -0.39 is 0 Å². The van der Waals surface area contributed by atoms with E-state index in [0.717, 1.165) is 24.7 Å². The highest BCUT2D eigenvalue weighted by Crippen LogP contribution is 2.59. The molecule has 14 heavy (non-hydrogen) atoms. The first-order valence-corrected chi connectivity index (χ1v) is 5.67. The zero-order valence-electron chi connectivity index (χ0n) is 8.41. The minimum Gasteiger partial charge on any atom is -0.369 e. The number of carbonyl (C=O) groups excluding carboxylic acids is 1. The number of hydrogen-bond donors (Lipinski definition) is 2. The number of hydrogen-bond acceptors (Lipinski definition) is 2. The van der Waals surface area contributed by atoms with E-state index in [2.05, 4.69) is 0 Å². The molecule has 0 radical (unpaired) electrons. The summed E-state index contributed by atoms with van der Waals surface area (Å²) in [6.45, 7) is 0. The summed E-state index contributed by atoms with van der Waals surface area (Å²) in [7, 11) is 0. The lowest BCUT2D eigenvalue weighted by molar-refractivity contribution is -0.146. The molecule has 4 saturated carbocycles. The van der Waals surface area contributed by atoms with Crippen LogP contribution < -0.4 is 11.5 Å². The summed E-state index contributed by atoms with van der Waals surface area (Å²) >= 11 is 0. The van der Waals surface area contributed by atoms with Gasteiger partial charge in [-0.1, -0.05) is 0 Å². The minimum absolute atomic E-state index is 0.0489. The molecule has 0 aromatic heterocycles. The highest BCUT2D eigenvalue weighted by molar-refractivity contribution is 5.82. The van der Waals surface area contributed by atoms with Crippen LogP contribution in [0.15, 0.2) is 0 Å². The van der Waals surface area contributed by atoms with Crippen molar-refractivity contribution in [1.82, 2.24) is 0 Å². The standard InChI is InChI=1S/C11H18N2O/c12-9-8-2-6-1-7(3-8)5-11(9,4-6)10(13)14/h6-9H,1-5,12H2,(H2,13,14). The van der Waals surface area contributed by atoms with Crippen LogP contribution in [0.1, 0.15) is 32.1 Å². The first-order chi connectivity index (χ1) is 6.62. The van der Waals surface area contributed by atoms with Crippen molar-refractivity contribution < 1.29 is 4.79 Å². The molecule has 0 aromatic carbocycles. The molecule has 0 aliphatic heterocycles. The smallest absolute Gasteiger partial charge is 0.225 e. The Kier molecular flexibility index (Phi) is 1.56. The predicted molar refractivity (Wildman–Crippen MR) is 53.2 cm³/mol. The molecule has 3 unspecified atom stereocenters. The lowest BCUT2D eigenvalue weighted by Crippen LogP contribution is -2.64. The molecule has 78 valence electrons. The molecule has 0 spiro atoms. The second kappa shape index (κ2) is 2.51. The predicted octanol–water partition coefficient (Wildman–Crippen LogP) is 0.625. The Hall–Kier alpha value is -0.570. The van der Waals surface area contributed by atoms with Crippen LogP contribution in [-0.2, 0) is 4.79 Å². The van der Waals surface area contributed by atoms with Crippen LogP contribution in [0.4, 0.5) is 0 Å². The van der Waals surface area contributed by atoms with Gasteiger partial charge in [0.2, 0.25) is 5.91 Å². The Balaban J connectivity index is 2.01. The summed E-state index contributed by atoms with van der Waals surface area (Å²) in [4.78, 5) is 11.6. The van der Waals surface area contributed by atoms with E-state index in [0.29, 0.717) is 5.92 Å². The van der Waals surface area contributed by atoms with Crippen molar-refractivity contribution in [2.45, 2.75) is 38.1 Å². The van der Waals surface area contributed by atoms with E-state index in [1.54, 1.807) is 0 Å². The van der Waals surface area contributed by atoms with E-state index >= 15 is 0 Å². The van der Waals surface area contributed by atoms with Gasteiger partial charge in [-0.05, 0) is 49.9 Å². The Morgan fingerprint density at radius 3 is 2.21 bits per heavy atom. The van der Waals surface area contributed by atoms with Gasteiger partial charge in [0.1, 0.15) is 0 Å². The number of carbonyl (C=O) groups is 1. The Morgan fingerprint density at radius 2 is 1.71 bits per heavy atom. The van der Waals surface area contributed by atoms with Gasteiger partial charge in [-0.2, -0.15) is 0 Å². The van der Waals surface area contributed by atoms with Gasteiger partial charge in [0.25, 0.3) is 0 Å². The van der Waals surface area contributed by atoms with Crippen molar-refractivity contribution in [3.63, 3.8) is 0 Å². The second-order valence-electron chi connectivity index (χ2n) is 5.65. The summed E-state index contributed by atoms with van der Waals surface area (Å²) < 4.78 is 0. The first kappa shape index (κ1) is 8.72. The monoisotopic (exact) mass is 194 g/mol. The van der Waals surface area contributed by atoms with Gasteiger partial charge in [0, 0.05) is 6.04 Å². The fourth-order valence-electron chi connectivity index (χ4n) is 4.45. The SMILES string of the molecule is NC(=O)C12CC3CC(CC(C3)C1N)C2. The summed E-state index contributed by atoms with van der Waals surface area (Å²) in [6, 6.07) is 0.0489. The van der Waals surface area contributed by atoms with E-state index in [4.69, 9.17) is 11.5 Å². The van der Waals surface area contributed by atoms with Crippen molar-refractivity contribution >= 4 is 5.91 Å². The summed E-state index contributed by atoms with van der Waals surface area (Å²) in [6.07, 6.45) is 5.74. The van der Waals surface area contributed by atoms with E-state index in [9.17, 15) is 4.79 Å². The van der Waals surface area contributed by atoms with Gasteiger partial charge in [0.05, 0.1) is 5.41 Å². The maximum atomic E-state index is 11.6. The lowest BCUT2D eigenvalue weighted by Gasteiger charge is -2.58. The fourth-order valence-corrected chi connectivity index (χ4v) is 4.45. The summed E-state index contributed by atoms with van der Waals surface area (Å²) in [5, 5.41) is 0. The molecule has 0 aromatic rings. The third-order valence-corrected chi connectivity index (χ3v) is 4.88. The molecule has 4 N–H and O–H groups in total. The van der Waals surface area contributed by atoms with Crippen LogP contribution in [0.3, 0.4) is 0 Å². The molecular formula is C11H18N2O. The summed E-state index contributed by atoms with van der Waals surface area (Å²) in [5.74, 6) is 1.91. The van der Waals surface area contributed by atoms with E-state index in [-0.39, 0.29) is 17.4 Å². The number of rotatable bonds is 1. The van der Waals surface area contributed by atoms with Crippen LogP contribution >= 0.6 is 0 Å². The molecule has 1 amide bonds. The van der Waals surface area contributed by atoms with Crippen molar-refractivity contribution in [2.24, 2.45) is 34.6 Å². The highest BCUT2D eigenvalue weighted by Gasteiger charge is 2.58. The van der Waals surface area contributed by atoms with Gasteiger partial charge in [-0.25, -0.2) is 0 Å². The van der Waals surface area contributed by atoms with Gasteiger partial charge < -0.3 is 11.5 Å². The highest BCUT2D eigenvalue weighted by atomic mass is 16.1. The third kappa shape index (κ3) is 0.888. The topological polar surface area (TPSA) is 69.1 Å². The zero-order valence-corrected chi connectivity index (χ0v) is 8.41. The molecule has 3 atom stereocenters. The molecule has 4 aliphatic rings. The Labute approximate surface area is 84.2 Å². The maximum absolute atomic E-state index is 11.6. The molecule has 4 rings (SSSR count). The normalized spacial score (nSPS) is 54.9. The van der Waals surface area contributed by atoms with Crippen molar-refractivity contribution in [2.75, 3.05) is 0 Å². The van der Waals surface area contributed by atoms with Crippen LogP contribution in [0.25, 0.3) is 0 Å². The molecule has 4 bridgehead atoms. The van der Waals surface area contributed by atoms with E-state index in [1.165, 1.54) is 19.3 Å². The Bertz CT molecular complexity index is 275. The molecule has 0 saturated heterocycles. The second-order valence-corrected chi connectivity index (χ2v) is 5.65. The van der Waals surface area contributed by atoms with Crippen LogP contribution in [0, 0.1) is 23.2 Å². The van der Waals surface area contributed by atoms with Crippen LogP contribution in [0.5, 0.6) is 0 Å². The van der Waals surface area contributed by atoms with Crippen LogP contribution in [0.2, 0.25) is 0 Å². The molecule has 3 nitrogen and oxygen atoms in total. The molecule has 0 heterocycles. The molecule has 3 heteroatoms. The number of amides is 1. The average molecular weight is 194 g/mol. The minimum atomic E-state index is -0.325. The van der Waals surface area contributed by atoms with Crippen molar-refractivity contribution in [3.8, 4) is 0 Å².